The zero-order valence-corrected chi connectivity index (χ0v) is 15.8. The van der Waals surface area contributed by atoms with Crippen molar-refractivity contribution in [2.75, 3.05) is 27.2 Å². The van der Waals surface area contributed by atoms with Crippen LogP contribution in [0.5, 0.6) is 0 Å². The van der Waals surface area contributed by atoms with E-state index in [1.165, 1.54) is 0 Å². The van der Waals surface area contributed by atoms with Gasteiger partial charge in [-0.1, -0.05) is 13.8 Å². The van der Waals surface area contributed by atoms with Gasteiger partial charge in [0.25, 0.3) is 0 Å². The number of urea groups is 1. The van der Waals surface area contributed by atoms with Crippen molar-refractivity contribution in [3.63, 3.8) is 0 Å². The number of carbonyl (C=O) groups excluding carboxylic acids is 1. The number of likely N-dealkylation sites (tertiary alicyclic amines) is 1. The number of hydrogen-bond donors (Lipinski definition) is 1. The van der Waals surface area contributed by atoms with E-state index in [1.807, 2.05) is 24.5 Å². The second-order valence-electron chi connectivity index (χ2n) is 7.44. The molecular formula is C19H27N5O2. The molecule has 0 aliphatic carbocycles. The highest BCUT2D eigenvalue weighted by Gasteiger charge is 2.35. The van der Waals surface area contributed by atoms with E-state index in [0.29, 0.717) is 23.4 Å². The molecule has 2 aromatic heterocycles. The highest BCUT2D eigenvalue weighted by atomic mass is 16.3. The molecule has 2 aromatic rings. The van der Waals surface area contributed by atoms with Crippen LogP contribution in [0.1, 0.15) is 19.4 Å². The summed E-state index contributed by atoms with van der Waals surface area (Å²) in [5.74, 6) is 2.20. The lowest BCUT2D eigenvalue weighted by Crippen LogP contribution is -2.46. The van der Waals surface area contributed by atoms with Crippen molar-refractivity contribution in [2.24, 2.45) is 11.8 Å². The highest BCUT2D eigenvalue weighted by molar-refractivity contribution is 5.73. The molecule has 3 heterocycles. The number of aromatic nitrogens is 2. The van der Waals surface area contributed by atoms with Gasteiger partial charge in [-0.25, -0.2) is 14.8 Å². The molecule has 1 fully saturated rings. The van der Waals surface area contributed by atoms with Crippen molar-refractivity contribution in [2.45, 2.75) is 26.4 Å². The number of furan rings is 1. The fourth-order valence-corrected chi connectivity index (χ4v) is 3.39. The van der Waals surface area contributed by atoms with Crippen LogP contribution in [0.25, 0.3) is 11.6 Å². The Hall–Kier alpha value is -2.41. The molecule has 0 bridgehead atoms. The first kappa shape index (κ1) is 18.4. The van der Waals surface area contributed by atoms with Crippen molar-refractivity contribution in [3.05, 3.63) is 36.4 Å². The molecule has 7 heteroatoms. The highest BCUT2D eigenvalue weighted by Crippen LogP contribution is 2.26. The molecule has 26 heavy (non-hydrogen) atoms. The van der Waals surface area contributed by atoms with Crippen LogP contribution < -0.4 is 5.32 Å². The number of nitrogens with one attached hydrogen (secondary N) is 1. The third-order valence-corrected chi connectivity index (χ3v) is 4.87. The second-order valence-corrected chi connectivity index (χ2v) is 7.44. The normalized spacial score (nSPS) is 20.5. The maximum absolute atomic E-state index is 12.0. The Balaban J connectivity index is 1.63. The van der Waals surface area contributed by atoms with Crippen LogP contribution in [-0.2, 0) is 6.54 Å². The van der Waals surface area contributed by atoms with Crippen molar-refractivity contribution in [1.82, 2.24) is 25.1 Å². The van der Waals surface area contributed by atoms with Crippen LogP contribution in [0.3, 0.4) is 0 Å². The van der Waals surface area contributed by atoms with Crippen molar-refractivity contribution >= 4 is 6.03 Å². The van der Waals surface area contributed by atoms with Crippen molar-refractivity contribution in [3.8, 4) is 11.6 Å². The molecule has 0 spiro atoms. The summed E-state index contributed by atoms with van der Waals surface area (Å²) in [7, 11) is 3.54. The lowest BCUT2D eigenvalue weighted by molar-refractivity contribution is 0.207. The van der Waals surface area contributed by atoms with Crippen LogP contribution in [0.4, 0.5) is 4.79 Å². The SMILES string of the molecule is CC(C)C1CN(Cc2cnc(-c3ccco3)nc2)CC1NC(=O)N(C)C. The van der Waals surface area contributed by atoms with Gasteiger partial charge in [0.2, 0.25) is 0 Å². The molecule has 140 valence electrons. The molecule has 1 N–H and O–H groups in total. The summed E-state index contributed by atoms with van der Waals surface area (Å²) in [5.41, 5.74) is 1.06. The molecule has 2 unspecified atom stereocenters. The molecule has 1 aliphatic rings. The molecule has 0 saturated carbocycles. The Labute approximate surface area is 154 Å². The molecule has 7 nitrogen and oxygen atoms in total. The minimum Gasteiger partial charge on any atom is -0.461 e. The minimum atomic E-state index is -0.0337. The molecule has 0 radical (unpaired) electrons. The summed E-state index contributed by atoms with van der Waals surface area (Å²) >= 11 is 0. The zero-order valence-electron chi connectivity index (χ0n) is 15.8. The predicted molar refractivity (Wildman–Crippen MR) is 99.3 cm³/mol. The van der Waals surface area contributed by atoms with E-state index in [0.717, 1.165) is 25.2 Å². The van der Waals surface area contributed by atoms with Gasteiger partial charge in [0, 0.05) is 57.7 Å². The van der Waals surface area contributed by atoms with E-state index < -0.39 is 0 Å². The van der Waals surface area contributed by atoms with E-state index in [4.69, 9.17) is 4.42 Å². The van der Waals surface area contributed by atoms with Crippen LogP contribution in [-0.4, -0.2) is 59.0 Å². The van der Waals surface area contributed by atoms with E-state index in [-0.39, 0.29) is 12.1 Å². The fraction of sp³-hybridized carbons (Fsp3) is 0.526. The van der Waals surface area contributed by atoms with Gasteiger partial charge in [-0.15, -0.1) is 0 Å². The Morgan fingerprint density at radius 1 is 1.35 bits per heavy atom. The van der Waals surface area contributed by atoms with Crippen LogP contribution in [0.2, 0.25) is 0 Å². The van der Waals surface area contributed by atoms with E-state index in [2.05, 4.69) is 34.0 Å². The van der Waals surface area contributed by atoms with Crippen LogP contribution in [0, 0.1) is 11.8 Å². The Morgan fingerprint density at radius 3 is 2.65 bits per heavy atom. The summed E-state index contributed by atoms with van der Waals surface area (Å²) in [6.45, 7) is 6.99. The Bertz CT molecular complexity index is 712. The molecule has 2 amide bonds. The fourth-order valence-electron chi connectivity index (χ4n) is 3.39. The molecule has 1 saturated heterocycles. The third-order valence-electron chi connectivity index (χ3n) is 4.87. The summed E-state index contributed by atoms with van der Waals surface area (Å²) in [4.78, 5) is 24.8. The molecular weight excluding hydrogens is 330 g/mol. The quantitative estimate of drug-likeness (QED) is 0.890. The average molecular weight is 357 g/mol. The maximum Gasteiger partial charge on any atom is 0.317 e. The first-order chi connectivity index (χ1) is 12.4. The lowest BCUT2D eigenvalue weighted by atomic mass is 9.91. The molecule has 3 rings (SSSR count). The number of amides is 2. The van der Waals surface area contributed by atoms with Crippen LogP contribution >= 0.6 is 0 Å². The van der Waals surface area contributed by atoms with E-state index >= 15 is 0 Å². The lowest BCUT2D eigenvalue weighted by Gasteiger charge is -2.24. The Kier molecular flexibility index (Phi) is 5.56. The maximum atomic E-state index is 12.0. The molecule has 1 aliphatic heterocycles. The first-order valence-electron chi connectivity index (χ1n) is 8.99. The average Bonchev–Trinajstić information content (AvgIpc) is 3.25. The zero-order chi connectivity index (χ0) is 18.7. The van der Waals surface area contributed by atoms with Gasteiger partial charge in [-0.3, -0.25) is 4.90 Å². The number of rotatable bonds is 5. The van der Waals surface area contributed by atoms with Crippen molar-refractivity contribution in [1.29, 1.82) is 0 Å². The topological polar surface area (TPSA) is 74.5 Å². The van der Waals surface area contributed by atoms with Gasteiger partial charge in [0.1, 0.15) is 0 Å². The number of nitrogens with zero attached hydrogens (tertiary/aromatic N) is 4. The molecule has 2 atom stereocenters. The summed E-state index contributed by atoms with van der Waals surface area (Å²) in [6.07, 6.45) is 5.31. The van der Waals surface area contributed by atoms with E-state index in [1.54, 1.807) is 25.3 Å². The van der Waals surface area contributed by atoms with E-state index in [9.17, 15) is 4.79 Å². The largest absolute Gasteiger partial charge is 0.461 e. The van der Waals surface area contributed by atoms with Gasteiger partial charge in [-0.05, 0) is 24.0 Å². The van der Waals surface area contributed by atoms with Gasteiger partial charge in [0.05, 0.1) is 6.26 Å². The smallest absolute Gasteiger partial charge is 0.317 e. The Morgan fingerprint density at radius 2 is 2.08 bits per heavy atom. The van der Waals surface area contributed by atoms with Crippen LogP contribution in [0.15, 0.2) is 35.2 Å². The van der Waals surface area contributed by atoms with Gasteiger partial charge >= 0.3 is 6.03 Å². The van der Waals surface area contributed by atoms with Gasteiger partial charge in [0.15, 0.2) is 11.6 Å². The summed E-state index contributed by atoms with van der Waals surface area (Å²) in [5, 5.41) is 3.15. The van der Waals surface area contributed by atoms with Crippen molar-refractivity contribution < 1.29 is 9.21 Å². The number of hydrogen-bond acceptors (Lipinski definition) is 5. The second kappa shape index (κ2) is 7.86. The predicted octanol–water partition coefficient (Wildman–Crippen LogP) is 2.46. The minimum absolute atomic E-state index is 0.0337. The third kappa shape index (κ3) is 4.22. The summed E-state index contributed by atoms with van der Waals surface area (Å²) < 4.78 is 5.32. The summed E-state index contributed by atoms with van der Waals surface area (Å²) in [6, 6.07) is 3.80. The van der Waals surface area contributed by atoms with Gasteiger partial charge < -0.3 is 14.6 Å². The first-order valence-corrected chi connectivity index (χ1v) is 8.99. The molecule has 0 aromatic carbocycles. The van der Waals surface area contributed by atoms with Gasteiger partial charge in [-0.2, -0.15) is 0 Å². The number of carbonyl (C=O) groups is 1. The standard InChI is InChI=1S/C19H27N5O2/c1-13(2)15-11-24(12-16(15)22-19(25)23(3)4)10-14-8-20-18(21-9-14)17-6-5-7-26-17/h5-9,13,15-16H,10-12H2,1-4H3,(H,22,25). The monoisotopic (exact) mass is 357 g/mol.